The van der Waals surface area contributed by atoms with Crippen molar-refractivity contribution in [3.8, 4) is 5.75 Å². The molecular weight excluding hydrogens is 231 g/mol. The summed E-state index contributed by atoms with van der Waals surface area (Å²) in [6.07, 6.45) is 1.09. The van der Waals surface area contributed by atoms with Crippen molar-refractivity contribution >= 4 is 0 Å². The summed E-state index contributed by atoms with van der Waals surface area (Å²) < 4.78 is 13.2. The van der Waals surface area contributed by atoms with Gasteiger partial charge in [-0.2, -0.15) is 0 Å². The normalized spacial score (nSPS) is 11.4. The Balaban J connectivity index is 2.51. The van der Waals surface area contributed by atoms with Gasteiger partial charge in [-0.1, -0.05) is 6.92 Å². The summed E-state index contributed by atoms with van der Waals surface area (Å²) in [6, 6.07) is 4.23. The van der Waals surface area contributed by atoms with Gasteiger partial charge in [0.2, 0.25) is 0 Å². The summed E-state index contributed by atoms with van der Waals surface area (Å²) in [5, 5.41) is 9.36. The van der Waals surface area contributed by atoms with Crippen LogP contribution in [0.5, 0.6) is 5.75 Å². The molecule has 0 saturated carbocycles. The lowest BCUT2D eigenvalue weighted by molar-refractivity contribution is 0.258. The Labute approximate surface area is 109 Å². The number of nitrogens with zero attached hydrogens (tertiary/aromatic N) is 2. The van der Waals surface area contributed by atoms with Crippen molar-refractivity contribution in [1.29, 1.82) is 0 Å². The fourth-order valence-corrected chi connectivity index (χ4v) is 1.94. The fourth-order valence-electron chi connectivity index (χ4n) is 1.94. The van der Waals surface area contributed by atoms with E-state index in [1.165, 1.54) is 6.07 Å². The van der Waals surface area contributed by atoms with Crippen LogP contribution in [0.15, 0.2) is 18.2 Å². The van der Waals surface area contributed by atoms with Gasteiger partial charge in [-0.25, -0.2) is 4.39 Å². The lowest BCUT2D eigenvalue weighted by Crippen LogP contribution is -2.26. The third kappa shape index (κ3) is 5.47. The average Bonchev–Trinajstić information content (AvgIpc) is 2.25. The number of rotatable bonds is 7. The van der Waals surface area contributed by atoms with Gasteiger partial charge < -0.3 is 10.0 Å². The number of halogens is 1. The highest BCUT2D eigenvalue weighted by atomic mass is 19.1. The first-order valence-corrected chi connectivity index (χ1v) is 6.36. The first kappa shape index (κ1) is 14.9. The SMILES string of the molecule is CCN(CCCN(C)C)Cc1cc(O)cc(F)c1. The van der Waals surface area contributed by atoms with E-state index >= 15 is 0 Å². The van der Waals surface area contributed by atoms with E-state index in [1.807, 2.05) is 0 Å². The number of aromatic hydroxyl groups is 1. The summed E-state index contributed by atoms with van der Waals surface area (Å²) >= 11 is 0. The van der Waals surface area contributed by atoms with Gasteiger partial charge in [0.25, 0.3) is 0 Å². The van der Waals surface area contributed by atoms with Crippen molar-refractivity contribution in [2.75, 3.05) is 33.7 Å². The Bertz CT molecular complexity index is 349. The second-order valence-corrected chi connectivity index (χ2v) is 4.84. The zero-order valence-electron chi connectivity index (χ0n) is 11.5. The second-order valence-electron chi connectivity index (χ2n) is 4.84. The van der Waals surface area contributed by atoms with E-state index in [4.69, 9.17) is 0 Å². The number of hydrogen-bond donors (Lipinski definition) is 1. The van der Waals surface area contributed by atoms with Crippen LogP contribution in [0.2, 0.25) is 0 Å². The van der Waals surface area contributed by atoms with Crippen molar-refractivity contribution in [2.24, 2.45) is 0 Å². The Morgan fingerprint density at radius 3 is 2.44 bits per heavy atom. The third-order valence-electron chi connectivity index (χ3n) is 2.88. The molecule has 1 aromatic rings. The Morgan fingerprint density at radius 1 is 1.17 bits per heavy atom. The topological polar surface area (TPSA) is 26.7 Å². The van der Waals surface area contributed by atoms with Crippen LogP contribution in [0.1, 0.15) is 18.9 Å². The summed E-state index contributed by atoms with van der Waals surface area (Å²) in [7, 11) is 4.11. The van der Waals surface area contributed by atoms with Gasteiger partial charge in [0.05, 0.1) is 0 Å². The van der Waals surface area contributed by atoms with Crippen LogP contribution < -0.4 is 0 Å². The molecule has 0 fully saturated rings. The minimum Gasteiger partial charge on any atom is -0.508 e. The van der Waals surface area contributed by atoms with Crippen LogP contribution in [-0.2, 0) is 6.54 Å². The van der Waals surface area contributed by atoms with Crippen LogP contribution in [0.25, 0.3) is 0 Å². The molecule has 4 heteroatoms. The van der Waals surface area contributed by atoms with Gasteiger partial charge in [-0.15, -0.1) is 0 Å². The van der Waals surface area contributed by atoms with Gasteiger partial charge in [0.1, 0.15) is 11.6 Å². The third-order valence-corrected chi connectivity index (χ3v) is 2.88. The molecule has 0 aliphatic heterocycles. The predicted molar refractivity (Wildman–Crippen MR) is 72.2 cm³/mol. The maximum Gasteiger partial charge on any atom is 0.127 e. The quantitative estimate of drug-likeness (QED) is 0.809. The van der Waals surface area contributed by atoms with E-state index in [9.17, 15) is 9.50 Å². The predicted octanol–water partition coefficient (Wildman–Crippen LogP) is 2.30. The molecule has 0 aliphatic rings. The van der Waals surface area contributed by atoms with Crippen molar-refractivity contribution in [2.45, 2.75) is 19.9 Å². The van der Waals surface area contributed by atoms with Gasteiger partial charge in [0, 0.05) is 12.6 Å². The first-order valence-electron chi connectivity index (χ1n) is 6.36. The zero-order valence-corrected chi connectivity index (χ0v) is 11.5. The van der Waals surface area contributed by atoms with Crippen molar-refractivity contribution < 1.29 is 9.50 Å². The van der Waals surface area contributed by atoms with Crippen LogP contribution in [0.3, 0.4) is 0 Å². The van der Waals surface area contributed by atoms with Gasteiger partial charge in [-0.05, 0) is 57.8 Å². The minimum atomic E-state index is -0.380. The highest BCUT2D eigenvalue weighted by molar-refractivity contribution is 5.28. The monoisotopic (exact) mass is 254 g/mol. The minimum absolute atomic E-state index is 0.00524. The smallest absolute Gasteiger partial charge is 0.127 e. The molecule has 0 atom stereocenters. The highest BCUT2D eigenvalue weighted by Crippen LogP contribution is 2.16. The second kappa shape index (κ2) is 7.34. The molecule has 1 N–H and O–H groups in total. The Kier molecular flexibility index (Phi) is 6.09. The number of phenols is 1. The van der Waals surface area contributed by atoms with E-state index in [-0.39, 0.29) is 11.6 Å². The molecule has 0 spiro atoms. The van der Waals surface area contributed by atoms with E-state index in [0.29, 0.717) is 6.54 Å². The van der Waals surface area contributed by atoms with Gasteiger partial charge in [0.15, 0.2) is 0 Å². The Hall–Kier alpha value is -1.13. The van der Waals surface area contributed by atoms with E-state index in [2.05, 4.69) is 30.8 Å². The zero-order chi connectivity index (χ0) is 13.5. The van der Waals surface area contributed by atoms with Crippen LogP contribution in [0, 0.1) is 5.82 Å². The summed E-state index contributed by atoms with van der Waals surface area (Å²) in [5.74, 6) is -0.385. The van der Waals surface area contributed by atoms with Gasteiger partial charge in [-0.3, -0.25) is 4.90 Å². The molecule has 1 rings (SSSR count). The lowest BCUT2D eigenvalue weighted by atomic mass is 10.2. The molecule has 102 valence electrons. The largest absolute Gasteiger partial charge is 0.508 e. The summed E-state index contributed by atoms with van der Waals surface area (Å²) in [5.41, 5.74) is 0.819. The standard InChI is InChI=1S/C14H23FN2O/c1-4-17(7-5-6-16(2)3)11-12-8-13(15)10-14(18)9-12/h8-10,18H,4-7,11H2,1-3H3. The van der Waals surface area contributed by atoms with Crippen molar-refractivity contribution in [3.63, 3.8) is 0 Å². The fraction of sp³-hybridized carbons (Fsp3) is 0.571. The van der Waals surface area contributed by atoms with Crippen LogP contribution in [-0.4, -0.2) is 48.6 Å². The Morgan fingerprint density at radius 2 is 1.89 bits per heavy atom. The molecule has 0 aliphatic carbocycles. The van der Waals surface area contributed by atoms with E-state index < -0.39 is 0 Å². The number of phenolic OH excluding ortho intramolecular Hbond substituents is 1. The summed E-state index contributed by atoms with van der Waals surface area (Å²) in [4.78, 5) is 4.40. The van der Waals surface area contributed by atoms with E-state index in [0.717, 1.165) is 37.7 Å². The number of hydrogen-bond acceptors (Lipinski definition) is 3. The van der Waals surface area contributed by atoms with Crippen LogP contribution >= 0.6 is 0 Å². The molecule has 18 heavy (non-hydrogen) atoms. The molecule has 0 bridgehead atoms. The first-order chi connectivity index (χ1) is 8.51. The summed E-state index contributed by atoms with van der Waals surface area (Å²) in [6.45, 7) is 5.71. The van der Waals surface area contributed by atoms with Crippen LogP contribution in [0.4, 0.5) is 4.39 Å². The van der Waals surface area contributed by atoms with Crippen molar-refractivity contribution in [1.82, 2.24) is 9.80 Å². The number of benzene rings is 1. The van der Waals surface area contributed by atoms with Gasteiger partial charge >= 0.3 is 0 Å². The maximum atomic E-state index is 13.2. The molecule has 0 saturated heterocycles. The van der Waals surface area contributed by atoms with Crippen molar-refractivity contribution in [3.05, 3.63) is 29.6 Å². The molecule has 0 heterocycles. The average molecular weight is 254 g/mol. The molecule has 0 radical (unpaired) electrons. The molecule has 1 aromatic carbocycles. The molecule has 0 unspecified atom stereocenters. The van der Waals surface area contributed by atoms with E-state index in [1.54, 1.807) is 6.07 Å². The highest BCUT2D eigenvalue weighted by Gasteiger charge is 2.06. The molecular formula is C14H23FN2O. The maximum absolute atomic E-state index is 13.2. The molecule has 0 amide bonds. The molecule has 0 aromatic heterocycles. The lowest BCUT2D eigenvalue weighted by Gasteiger charge is -2.21. The molecule has 3 nitrogen and oxygen atoms in total.